The Morgan fingerprint density at radius 3 is 2.63 bits per heavy atom. The van der Waals surface area contributed by atoms with Crippen molar-refractivity contribution in [3.05, 3.63) is 18.3 Å². The molecule has 2 aromatic rings. The van der Waals surface area contributed by atoms with Crippen LogP contribution >= 0.6 is 0 Å². The number of carbonyl (C=O) groups is 1. The second-order valence-corrected chi connectivity index (χ2v) is 6.83. The van der Waals surface area contributed by atoms with Gasteiger partial charge in [-0.15, -0.1) is 0 Å². The molecule has 2 aliphatic rings. The minimum Gasteiger partial charge on any atom is -0.387 e. The zero-order chi connectivity index (χ0) is 19.6. The summed E-state index contributed by atoms with van der Waals surface area (Å²) >= 11 is 0. The lowest BCUT2D eigenvalue weighted by atomic mass is 10.0. The second-order valence-electron chi connectivity index (χ2n) is 6.83. The number of hydrogen-bond donors (Lipinski definition) is 3. The first-order valence-electron chi connectivity index (χ1n) is 8.88. The highest BCUT2D eigenvalue weighted by molar-refractivity contribution is 5.74. The van der Waals surface area contributed by atoms with E-state index in [1.54, 1.807) is 10.9 Å². The molecule has 4 N–H and O–H groups in total. The highest BCUT2D eigenvalue weighted by Gasteiger charge is 2.43. The fraction of sp³-hybridized carbons (Fsp3) is 0.647. The van der Waals surface area contributed by atoms with Crippen LogP contribution in [0.25, 0.3) is 11.2 Å². The molecule has 10 heteroatoms. The Labute approximate surface area is 156 Å². The van der Waals surface area contributed by atoms with Crippen LogP contribution in [0.1, 0.15) is 38.1 Å². The molecule has 2 aromatic heterocycles. The first-order valence-corrected chi connectivity index (χ1v) is 8.88. The number of imidazole rings is 1. The van der Waals surface area contributed by atoms with Crippen LogP contribution < -0.4 is 5.73 Å². The molecule has 10 nitrogen and oxygen atoms in total. The van der Waals surface area contributed by atoms with Gasteiger partial charge in [0.2, 0.25) is 0 Å². The van der Waals surface area contributed by atoms with E-state index in [1.807, 2.05) is 0 Å². The molecule has 27 heavy (non-hydrogen) atoms. The Kier molecular flexibility index (Phi) is 6.12. The predicted octanol–water partition coefficient (Wildman–Crippen LogP) is -0.497. The van der Waals surface area contributed by atoms with E-state index in [-0.39, 0.29) is 18.2 Å². The summed E-state index contributed by atoms with van der Waals surface area (Å²) in [6.07, 6.45) is 0.421. The topological polar surface area (TPSA) is 146 Å². The van der Waals surface area contributed by atoms with Crippen molar-refractivity contribution in [1.29, 1.82) is 0 Å². The molecule has 0 spiro atoms. The van der Waals surface area contributed by atoms with Crippen LogP contribution in [-0.4, -0.2) is 73.6 Å². The standard InChI is InChI=1S/C14H19N5O4.C3H6O/c15-3-8-11(20)12(21)14(23-8)19-6-18-10-9(7-1-2-22-4-7)16-5-17-13(10)19;1-3(2)4/h5-8,11-12,14,20-21H,1-4,15H2;1-2H3/t7?,8-,11+,12+,14-;/m1./s1. The van der Waals surface area contributed by atoms with Gasteiger partial charge in [0.1, 0.15) is 35.9 Å². The van der Waals surface area contributed by atoms with Gasteiger partial charge in [-0.1, -0.05) is 0 Å². The minimum atomic E-state index is -1.09. The minimum absolute atomic E-state index is 0.126. The number of fused-ring (bicyclic) bond motifs is 1. The van der Waals surface area contributed by atoms with Gasteiger partial charge in [0.15, 0.2) is 11.9 Å². The zero-order valence-electron chi connectivity index (χ0n) is 15.4. The number of aliphatic hydroxyl groups excluding tert-OH is 2. The second kappa shape index (κ2) is 8.36. The van der Waals surface area contributed by atoms with Crippen molar-refractivity contribution in [3.8, 4) is 0 Å². The van der Waals surface area contributed by atoms with E-state index in [4.69, 9.17) is 15.2 Å². The van der Waals surface area contributed by atoms with E-state index in [1.165, 1.54) is 20.2 Å². The molecule has 1 unspecified atom stereocenters. The van der Waals surface area contributed by atoms with Crippen molar-refractivity contribution in [1.82, 2.24) is 19.5 Å². The molecule has 4 heterocycles. The average molecular weight is 379 g/mol. The number of nitrogens with zero attached hydrogens (tertiary/aromatic N) is 4. The normalized spacial score (nSPS) is 30.3. The van der Waals surface area contributed by atoms with E-state index in [9.17, 15) is 15.0 Å². The third-order valence-electron chi connectivity index (χ3n) is 4.55. The summed E-state index contributed by atoms with van der Waals surface area (Å²) in [6.45, 7) is 4.52. The number of Topliss-reactive ketones (excluding diaryl/α,β-unsaturated/α-hetero) is 1. The number of aliphatic hydroxyl groups is 2. The van der Waals surface area contributed by atoms with Crippen molar-refractivity contribution in [2.45, 2.75) is 50.7 Å². The molecule has 5 atom stereocenters. The van der Waals surface area contributed by atoms with Crippen LogP contribution in [0.5, 0.6) is 0 Å². The van der Waals surface area contributed by atoms with Crippen molar-refractivity contribution in [2.75, 3.05) is 19.8 Å². The van der Waals surface area contributed by atoms with Gasteiger partial charge in [0.05, 0.1) is 18.6 Å². The molecule has 0 radical (unpaired) electrons. The van der Waals surface area contributed by atoms with Crippen LogP contribution in [0.15, 0.2) is 12.7 Å². The predicted molar refractivity (Wildman–Crippen MR) is 94.8 cm³/mol. The summed E-state index contributed by atoms with van der Waals surface area (Å²) in [4.78, 5) is 22.5. The van der Waals surface area contributed by atoms with Crippen LogP contribution in [0.4, 0.5) is 0 Å². The molecular weight excluding hydrogens is 354 g/mol. The Balaban J connectivity index is 0.000000481. The summed E-state index contributed by atoms with van der Waals surface area (Å²) in [7, 11) is 0. The van der Waals surface area contributed by atoms with Crippen molar-refractivity contribution in [3.63, 3.8) is 0 Å². The van der Waals surface area contributed by atoms with E-state index < -0.39 is 24.5 Å². The van der Waals surface area contributed by atoms with Gasteiger partial charge >= 0.3 is 0 Å². The fourth-order valence-electron chi connectivity index (χ4n) is 3.26. The lowest BCUT2D eigenvalue weighted by Gasteiger charge is -2.16. The quantitative estimate of drug-likeness (QED) is 0.642. The molecule has 0 bridgehead atoms. The van der Waals surface area contributed by atoms with Crippen LogP contribution in [0, 0.1) is 0 Å². The van der Waals surface area contributed by atoms with E-state index in [2.05, 4.69) is 15.0 Å². The molecule has 0 aliphatic carbocycles. The van der Waals surface area contributed by atoms with E-state index in [0.29, 0.717) is 24.4 Å². The maximum Gasteiger partial charge on any atom is 0.165 e. The van der Waals surface area contributed by atoms with Gasteiger partial charge in [0, 0.05) is 19.1 Å². The van der Waals surface area contributed by atoms with E-state index in [0.717, 1.165) is 12.1 Å². The SMILES string of the molecule is CC(C)=O.NC[C@H]1O[C@@H](n2cnc3c(C4CCOC4)ncnc32)[C@@H](O)[C@H]1O. The highest BCUT2D eigenvalue weighted by Crippen LogP contribution is 2.33. The molecule has 148 valence electrons. The number of ketones is 1. The molecule has 2 aliphatic heterocycles. The number of rotatable bonds is 3. The summed E-state index contributed by atoms with van der Waals surface area (Å²) in [5.41, 5.74) is 7.64. The van der Waals surface area contributed by atoms with Gasteiger partial charge < -0.3 is 30.2 Å². The zero-order valence-corrected chi connectivity index (χ0v) is 15.4. The number of carbonyl (C=O) groups excluding carboxylic acids is 1. The molecule has 0 amide bonds. The van der Waals surface area contributed by atoms with Crippen molar-refractivity contribution >= 4 is 16.9 Å². The molecular formula is C17H25N5O5. The van der Waals surface area contributed by atoms with E-state index >= 15 is 0 Å². The monoisotopic (exact) mass is 379 g/mol. The first kappa shape index (κ1) is 19.8. The van der Waals surface area contributed by atoms with Gasteiger partial charge in [-0.25, -0.2) is 15.0 Å². The van der Waals surface area contributed by atoms with Crippen molar-refractivity contribution < 1.29 is 24.5 Å². The summed E-state index contributed by atoms with van der Waals surface area (Å²) in [6, 6.07) is 0. The van der Waals surface area contributed by atoms with Crippen LogP contribution in [0.2, 0.25) is 0 Å². The lowest BCUT2D eigenvalue weighted by molar-refractivity contribution is -0.114. The van der Waals surface area contributed by atoms with Crippen LogP contribution in [0.3, 0.4) is 0 Å². The molecule has 2 fully saturated rings. The highest BCUT2D eigenvalue weighted by atomic mass is 16.6. The lowest BCUT2D eigenvalue weighted by Crippen LogP contribution is -2.35. The third kappa shape index (κ3) is 3.99. The largest absolute Gasteiger partial charge is 0.387 e. The first-order chi connectivity index (χ1) is 12.9. The third-order valence-corrected chi connectivity index (χ3v) is 4.55. The summed E-state index contributed by atoms with van der Waals surface area (Å²) in [5, 5.41) is 20.2. The molecule has 0 saturated carbocycles. The maximum atomic E-state index is 10.2. The van der Waals surface area contributed by atoms with Gasteiger partial charge in [-0.3, -0.25) is 4.57 Å². The molecule has 0 aromatic carbocycles. The molecule has 4 rings (SSSR count). The summed E-state index contributed by atoms with van der Waals surface area (Å²) in [5.74, 6) is 0.362. The van der Waals surface area contributed by atoms with Gasteiger partial charge in [-0.05, 0) is 20.3 Å². The van der Waals surface area contributed by atoms with Gasteiger partial charge in [0.25, 0.3) is 0 Å². The smallest absolute Gasteiger partial charge is 0.165 e. The molecule has 2 saturated heterocycles. The number of hydrogen-bond acceptors (Lipinski definition) is 9. The summed E-state index contributed by atoms with van der Waals surface area (Å²) < 4.78 is 12.7. The Morgan fingerprint density at radius 1 is 1.30 bits per heavy atom. The van der Waals surface area contributed by atoms with Gasteiger partial charge in [-0.2, -0.15) is 0 Å². The fourth-order valence-corrected chi connectivity index (χ4v) is 3.26. The maximum absolute atomic E-state index is 10.2. The number of ether oxygens (including phenoxy) is 2. The number of aromatic nitrogens is 4. The van der Waals surface area contributed by atoms with Crippen LogP contribution in [-0.2, 0) is 14.3 Å². The Hall–Kier alpha value is -1.98. The van der Waals surface area contributed by atoms with Crippen molar-refractivity contribution in [2.24, 2.45) is 5.73 Å². The Bertz CT molecular complexity index is 787. The Morgan fingerprint density at radius 2 is 2.04 bits per heavy atom. The average Bonchev–Trinajstić information content (AvgIpc) is 3.35. The number of nitrogens with two attached hydrogens (primary N) is 1.